The Bertz CT molecular complexity index is 1410. The molecule has 1 saturated heterocycles. The van der Waals surface area contributed by atoms with Gasteiger partial charge in [-0.25, -0.2) is 4.79 Å². The van der Waals surface area contributed by atoms with Gasteiger partial charge in [-0.1, -0.05) is 19.9 Å². The molecule has 1 atom stereocenters. The van der Waals surface area contributed by atoms with Gasteiger partial charge in [-0.3, -0.25) is 9.79 Å². The molecule has 7 nitrogen and oxygen atoms in total. The molecule has 2 N–H and O–H groups in total. The first kappa shape index (κ1) is 23.1. The lowest BCUT2D eigenvalue weighted by Crippen LogP contribution is -2.37. The maximum absolute atomic E-state index is 13.1. The summed E-state index contributed by atoms with van der Waals surface area (Å²) in [4.78, 5) is 31.5. The summed E-state index contributed by atoms with van der Waals surface area (Å²) in [7, 11) is 0. The lowest BCUT2D eigenvalue weighted by Gasteiger charge is -2.37. The van der Waals surface area contributed by atoms with Gasteiger partial charge in [0.25, 0.3) is 0 Å². The Morgan fingerprint density at radius 3 is 2.63 bits per heavy atom. The van der Waals surface area contributed by atoms with Gasteiger partial charge >= 0.3 is 5.97 Å². The monoisotopic (exact) mass is 473 g/mol. The van der Waals surface area contributed by atoms with Crippen molar-refractivity contribution in [3.8, 4) is 0 Å². The number of aromatic carboxylic acids is 1. The van der Waals surface area contributed by atoms with Gasteiger partial charge in [0.05, 0.1) is 22.7 Å². The maximum Gasteiger partial charge on any atom is 0.337 e. The van der Waals surface area contributed by atoms with Gasteiger partial charge in [-0.05, 0) is 61.4 Å². The van der Waals surface area contributed by atoms with Crippen molar-refractivity contribution < 1.29 is 14.3 Å². The number of aryl methyl sites for hydroxylation is 1. The number of hydrogen-bond acceptors (Lipinski definition) is 6. The normalized spacial score (nSPS) is 17.4. The Balaban J connectivity index is 1.54. The summed E-state index contributed by atoms with van der Waals surface area (Å²) in [5.74, 6) is -0.420. The van der Waals surface area contributed by atoms with E-state index < -0.39 is 5.97 Å². The molecule has 3 heterocycles. The predicted molar refractivity (Wildman–Crippen MR) is 140 cm³/mol. The molecule has 1 fully saturated rings. The van der Waals surface area contributed by atoms with E-state index in [1.165, 1.54) is 0 Å². The molecule has 0 bridgehead atoms. The minimum absolute atomic E-state index is 0.0656. The summed E-state index contributed by atoms with van der Waals surface area (Å²) < 4.78 is 6.40. The van der Waals surface area contributed by atoms with Crippen LogP contribution in [0.5, 0.6) is 0 Å². The van der Waals surface area contributed by atoms with E-state index in [1.54, 1.807) is 18.3 Å². The van der Waals surface area contributed by atoms with E-state index in [0.29, 0.717) is 34.6 Å². The van der Waals surface area contributed by atoms with Crippen LogP contribution < -0.4 is 15.6 Å². The summed E-state index contributed by atoms with van der Waals surface area (Å²) in [6.45, 7) is 10.1. The first-order chi connectivity index (χ1) is 16.6. The number of anilines is 2. The van der Waals surface area contributed by atoms with Crippen LogP contribution in [0.25, 0.3) is 11.0 Å². The molecule has 5 rings (SSSR count). The molecule has 2 aliphatic rings. The lowest BCUT2D eigenvalue weighted by molar-refractivity contribution is 0.0698. The molecule has 1 aromatic heterocycles. The smallest absolute Gasteiger partial charge is 0.337 e. The van der Waals surface area contributed by atoms with Crippen LogP contribution >= 0.6 is 0 Å². The SMILES string of the molecule is Cc1cc([C@@H](C)Nc2cc3c(cc2C(=O)O)N=CC3)c2oc(N3CCC(C)(C)CC3)cc(=O)c2c1. The van der Waals surface area contributed by atoms with Crippen molar-refractivity contribution in [1.29, 1.82) is 0 Å². The van der Waals surface area contributed by atoms with Gasteiger partial charge in [0.15, 0.2) is 11.3 Å². The van der Waals surface area contributed by atoms with Crippen molar-refractivity contribution in [2.24, 2.45) is 10.4 Å². The topological polar surface area (TPSA) is 95.1 Å². The number of carbonyl (C=O) groups is 1. The highest BCUT2D eigenvalue weighted by atomic mass is 16.4. The van der Waals surface area contributed by atoms with E-state index in [1.807, 2.05) is 32.0 Å². The standard InChI is InChI=1S/C28H31N3O4/c1-16-11-19(17(2)30-23-13-18-5-8-29-22(18)14-20(23)27(33)34)26-21(12-16)24(32)15-25(35-26)31-9-6-28(3,4)7-10-31/h8,11-15,17,30H,5-7,9-10H2,1-4H3,(H,33,34)/t17-/m1/s1. The minimum Gasteiger partial charge on any atom is -0.478 e. The third-order valence-electron chi connectivity index (χ3n) is 7.25. The fourth-order valence-electron chi connectivity index (χ4n) is 5.00. The molecule has 0 spiro atoms. The molecule has 3 aromatic rings. The van der Waals surface area contributed by atoms with Crippen molar-refractivity contribution in [3.05, 3.63) is 62.8 Å². The first-order valence-electron chi connectivity index (χ1n) is 12.1. The quantitative estimate of drug-likeness (QED) is 0.482. The minimum atomic E-state index is -1.01. The largest absolute Gasteiger partial charge is 0.478 e. The molecule has 182 valence electrons. The number of fused-ring (bicyclic) bond motifs is 2. The van der Waals surface area contributed by atoms with Crippen LogP contribution in [0.1, 0.15) is 66.7 Å². The molecule has 0 amide bonds. The van der Waals surface area contributed by atoms with Gasteiger partial charge in [0.1, 0.15) is 5.58 Å². The number of piperidine rings is 1. The second-order valence-electron chi connectivity index (χ2n) is 10.5. The van der Waals surface area contributed by atoms with Crippen molar-refractivity contribution in [2.45, 2.75) is 53.0 Å². The van der Waals surface area contributed by atoms with E-state index in [4.69, 9.17) is 4.42 Å². The summed E-state index contributed by atoms with van der Waals surface area (Å²) in [5, 5.41) is 13.7. The fourth-order valence-corrected chi connectivity index (χ4v) is 5.00. The number of nitrogens with one attached hydrogen (secondary N) is 1. The molecule has 35 heavy (non-hydrogen) atoms. The number of carboxylic acid groups (broad SMARTS) is 1. The number of rotatable bonds is 5. The van der Waals surface area contributed by atoms with E-state index in [9.17, 15) is 14.7 Å². The van der Waals surface area contributed by atoms with E-state index in [0.717, 1.165) is 42.6 Å². The zero-order valence-electron chi connectivity index (χ0n) is 20.6. The van der Waals surface area contributed by atoms with Gasteiger partial charge in [-0.15, -0.1) is 0 Å². The fraction of sp³-hybridized carbons (Fsp3) is 0.393. The van der Waals surface area contributed by atoms with Gasteiger partial charge in [0.2, 0.25) is 0 Å². The van der Waals surface area contributed by atoms with Crippen LogP contribution in [-0.2, 0) is 6.42 Å². The number of hydrogen-bond donors (Lipinski definition) is 2. The summed E-state index contributed by atoms with van der Waals surface area (Å²) >= 11 is 0. The average molecular weight is 474 g/mol. The molecule has 2 aliphatic heterocycles. The van der Waals surface area contributed by atoms with Gasteiger partial charge < -0.3 is 19.7 Å². The van der Waals surface area contributed by atoms with E-state index in [2.05, 4.69) is 29.1 Å². The predicted octanol–water partition coefficient (Wildman–Crippen LogP) is 5.86. The summed E-state index contributed by atoms with van der Waals surface area (Å²) in [5.41, 5.74) is 4.92. The Kier molecular flexibility index (Phi) is 5.66. The Morgan fingerprint density at radius 2 is 1.91 bits per heavy atom. The van der Waals surface area contributed by atoms with Gasteiger partial charge in [-0.2, -0.15) is 0 Å². The summed E-state index contributed by atoms with van der Waals surface area (Å²) in [6, 6.07) is 8.64. The van der Waals surface area contributed by atoms with Crippen molar-refractivity contribution in [3.63, 3.8) is 0 Å². The molecular weight excluding hydrogens is 442 g/mol. The highest BCUT2D eigenvalue weighted by Gasteiger charge is 2.27. The van der Waals surface area contributed by atoms with E-state index >= 15 is 0 Å². The molecule has 7 heteroatoms. The zero-order chi connectivity index (χ0) is 24.9. The Hall–Kier alpha value is -3.61. The highest BCUT2D eigenvalue weighted by molar-refractivity contribution is 5.97. The number of carboxylic acids is 1. The van der Waals surface area contributed by atoms with Crippen LogP contribution in [0.2, 0.25) is 0 Å². The van der Waals surface area contributed by atoms with E-state index in [-0.39, 0.29) is 22.4 Å². The van der Waals surface area contributed by atoms with Crippen LogP contribution in [0.4, 0.5) is 17.3 Å². The number of nitrogens with zero attached hydrogens (tertiary/aromatic N) is 2. The van der Waals surface area contributed by atoms with Crippen molar-refractivity contribution >= 4 is 40.4 Å². The third-order valence-corrected chi connectivity index (χ3v) is 7.25. The van der Waals surface area contributed by atoms with Crippen LogP contribution in [0.15, 0.2) is 44.5 Å². The van der Waals surface area contributed by atoms with Crippen molar-refractivity contribution in [1.82, 2.24) is 0 Å². The van der Waals surface area contributed by atoms with Crippen molar-refractivity contribution in [2.75, 3.05) is 23.3 Å². The molecule has 0 aliphatic carbocycles. The number of benzene rings is 2. The molecule has 2 aromatic carbocycles. The lowest BCUT2D eigenvalue weighted by atomic mass is 9.83. The zero-order valence-corrected chi connectivity index (χ0v) is 20.6. The summed E-state index contributed by atoms with van der Waals surface area (Å²) in [6.07, 6.45) is 4.53. The second-order valence-corrected chi connectivity index (χ2v) is 10.5. The first-order valence-corrected chi connectivity index (χ1v) is 12.1. The molecule has 0 saturated carbocycles. The third kappa shape index (κ3) is 4.43. The van der Waals surface area contributed by atoms with Gasteiger partial charge in [0, 0.05) is 43.0 Å². The van der Waals surface area contributed by atoms with Crippen LogP contribution in [0.3, 0.4) is 0 Å². The van der Waals surface area contributed by atoms with Crippen LogP contribution in [0, 0.1) is 12.3 Å². The number of aliphatic imine (C=N–C) groups is 1. The molecular formula is C28H31N3O4. The maximum atomic E-state index is 13.1. The Morgan fingerprint density at radius 1 is 1.17 bits per heavy atom. The molecule has 0 unspecified atom stereocenters. The molecule has 0 radical (unpaired) electrons. The second kappa shape index (κ2) is 8.56. The highest BCUT2D eigenvalue weighted by Crippen LogP contribution is 2.36. The average Bonchev–Trinajstić information content (AvgIpc) is 3.25. The Labute approximate surface area is 204 Å². The van der Waals surface area contributed by atoms with Crippen LogP contribution in [-0.4, -0.2) is 30.4 Å².